The van der Waals surface area contributed by atoms with E-state index in [1.54, 1.807) is 18.5 Å². The first-order chi connectivity index (χ1) is 13.2. The Balaban J connectivity index is 1.76. The van der Waals surface area contributed by atoms with Gasteiger partial charge in [0.2, 0.25) is 5.95 Å². The molecule has 8 nitrogen and oxygen atoms in total. The van der Waals surface area contributed by atoms with Crippen LogP contribution in [0.15, 0.2) is 30.6 Å². The van der Waals surface area contributed by atoms with Gasteiger partial charge in [0.25, 0.3) is 0 Å². The number of nitriles is 1. The SMILES string of the molecule is CCn1cnc2c(Nc3cccc(C#N)c3)nc(N3CCC(O)CC3)nc21. The van der Waals surface area contributed by atoms with Gasteiger partial charge in [-0.3, -0.25) is 0 Å². The third kappa shape index (κ3) is 3.41. The van der Waals surface area contributed by atoms with Gasteiger partial charge in [-0.05, 0) is 38.0 Å². The summed E-state index contributed by atoms with van der Waals surface area (Å²) in [6, 6.07) is 9.41. The third-order valence-electron chi connectivity index (χ3n) is 4.79. The molecule has 1 aliphatic heterocycles. The second-order valence-electron chi connectivity index (χ2n) is 6.61. The first-order valence-electron chi connectivity index (χ1n) is 9.11. The molecule has 0 saturated carbocycles. The van der Waals surface area contributed by atoms with E-state index in [1.807, 2.05) is 23.6 Å². The molecule has 1 aromatic carbocycles. The van der Waals surface area contributed by atoms with Crippen molar-refractivity contribution in [3.63, 3.8) is 0 Å². The van der Waals surface area contributed by atoms with Crippen molar-refractivity contribution in [2.45, 2.75) is 32.4 Å². The van der Waals surface area contributed by atoms with Crippen LogP contribution in [0.1, 0.15) is 25.3 Å². The van der Waals surface area contributed by atoms with Gasteiger partial charge < -0.3 is 19.9 Å². The number of hydrogen-bond acceptors (Lipinski definition) is 7. The average Bonchev–Trinajstić information content (AvgIpc) is 3.12. The van der Waals surface area contributed by atoms with Gasteiger partial charge in [0, 0.05) is 25.3 Å². The molecule has 8 heteroatoms. The molecular formula is C19H21N7O. The van der Waals surface area contributed by atoms with Gasteiger partial charge in [0.15, 0.2) is 17.0 Å². The zero-order valence-corrected chi connectivity index (χ0v) is 15.1. The Hall–Kier alpha value is -3.18. The molecule has 0 atom stereocenters. The van der Waals surface area contributed by atoms with Crippen LogP contribution in [0.25, 0.3) is 11.2 Å². The van der Waals surface area contributed by atoms with E-state index in [4.69, 9.17) is 15.2 Å². The number of rotatable bonds is 4. The molecule has 1 saturated heterocycles. The third-order valence-corrected chi connectivity index (χ3v) is 4.79. The molecule has 2 aromatic heterocycles. The smallest absolute Gasteiger partial charge is 0.229 e. The minimum Gasteiger partial charge on any atom is -0.393 e. The molecule has 4 rings (SSSR count). The highest BCUT2D eigenvalue weighted by Gasteiger charge is 2.22. The van der Waals surface area contributed by atoms with Crippen molar-refractivity contribution in [1.82, 2.24) is 19.5 Å². The Morgan fingerprint density at radius 2 is 2.11 bits per heavy atom. The molecule has 0 bridgehead atoms. The van der Waals surface area contributed by atoms with E-state index in [-0.39, 0.29) is 6.10 Å². The fourth-order valence-corrected chi connectivity index (χ4v) is 3.26. The topological polar surface area (TPSA) is 103 Å². The lowest BCUT2D eigenvalue weighted by Crippen LogP contribution is -2.37. The summed E-state index contributed by atoms with van der Waals surface area (Å²) in [5, 5.41) is 22.2. The van der Waals surface area contributed by atoms with Crippen molar-refractivity contribution in [1.29, 1.82) is 5.26 Å². The predicted octanol–water partition coefficient (Wildman–Crippen LogP) is 2.42. The van der Waals surface area contributed by atoms with Crippen molar-refractivity contribution >= 4 is 28.6 Å². The van der Waals surface area contributed by atoms with Crippen LogP contribution < -0.4 is 10.2 Å². The molecule has 0 radical (unpaired) electrons. The first kappa shape index (κ1) is 17.2. The zero-order valence-electron chi connectivity index (χ0n) is 15.1. The molecule has 138 valence electrons. The lowest BCUT2D eigenvalue weighted by Gasteiger charge is -2.29. The maximum absolute atomic E-state index is 9.77. The van der Waals surface area contributed by atoms with Crippen molar-refractivity contribution < 1.29 is 5.11 Å². The summed E-state index contributed by atoms with van der Waals surface area (Å²) < 4.78 is 1.98. The lowest BCUT2D eigenvalue weighted by atomic mass is 10.1. The Labute approximate surface area is 157 Å². The van der Waals surface area contributed by atoms with Crippen LogP contribution in [-0.2, 0) is 6.54 Å². The number of imidazole rings is 1. The van der Waals surface area contributed by atoms with Crippen molar-refractivity contribution in [3.8, 4) is 6.07 Å². The number of aryl methyl sites for hydroxylation is 1. The highest BCUT2D eigenvalue weighted by molar-refractivity contribution is 5.86. The number of fused-ring (bicyclic) bond motifs is 1. The van der Waals surface area contributed by atoms with Crippen LogP contribution in [0.5, 0.6) is 0 Å². The van der Waals surface area contributed by atoms with E-state index < -0.39 is 0 Å². The maximum Gasteiger partial charge on any atom is 0.229 e. The lowest BCUT2D eigenvalue weighted by molar-refractivity contribution is 0.145. The van der Waals surface area contributed by atoms with Crippen molar-refractivity contribution in [2.75, 3.05) is 23.3 Å². The Morgan fingerprint density at radius 1 is 1.30 bits per heavy atom. The van der Waals surface area contributed by atoms with E-state index in [0.717, 1.165) is 31.0 Å². The molecular weight excluding hydrogens is 342 g/mol. The summed E-state index contributed by atoms with van der Waals surface area (Å²) in [7, 11) is 0. The monoisotopic (exact) mass is 363 g/mol. The number of nitrogens with zero attached hydrogens (tertiary/aromatic N) is 6. The molecule has 0 spiro atoms. The van der Waals surface area contributed by atoms with E-state index in [0.29, 0.717) is 35.7 Å². The first-order valence-corrected chi connectivity index (χ1v) is 9.11. The number of aromatic nitrogens is 4. The Kier molecular flexibility index (Phi) is 4.60. The van der Waals surface area contributed by atoms with Crippen LogP contribution in [0.3, 0.4) is 0 Å². The van der Waals surface area contributed by atoms with Crippen molar-refractivity contribution in [3.05, 3.63) is 36.2 Å². The van der Waals surface area contributed by atoms with Gasteiger partial charge in [0.1, 0.15) is 0 Å². The number of nitrogens with one attached hydrogen (secondary N) is 1. The highest BCUT2D eigenvalue weighted by atomic mass is 16.3. The molecule has 0 unspecified atom stereocenters. The fourth-order valence-electron chi connectivity index (χ4n) is 3.26. The van der Waals surface area contributed by atoms with Gasteiger partial charge >= 0.3 is 0 Å². The number of benzene rings is 1. The van der Waals surface area contributed by atoms with Gasteiger partial charge in [-0.15, -0.1) is 0 Å². The second-order valence-corrected chi connectivity index (χ2v) is 6.61. The summed E-state index contributed by atoms with van der Waals surface area (Å²) in [5.41, 5.74) is 2.82. The van der Waals surface area contributed by atoms with Gasteiger partial charge in [-0.25, -0.2) is 4.98 Å². The van der Waals surface area contributed by atoms with Crippen LogP contribution in [0, 0.1) is 11.3 Å². The van der Waals surface area contributed by atoms with E-state index in [1.165, 1.54) is 0 Å². The van der Waals surface area contributed by atoms with Gasteiger partial charge in [-0.1, -0.05) is 6.07 Å². The summed E-state index contributed by atoms with van der Waals surface area (Å²) in [6.07, 6.45) is 2.93. The molecule has 1 fully saturated rings. The standard InChI is InChI=1S/C19H21N7O/c1-2-25-12-21-16-17(22-14-5-3-4-13(10-14)11-20)23-19(24-18(16)25)26-8-6-15(27)7-9-26/h3-5,10,12,15,27H,2,6-9H2,1H3,(H,22,23,24). The molecule has 3 aromatic rings. The summed E-state index contributed by atoms with van der Waals surface area (Å²) >= 11 is 0. The minimum absolute atomic E-state index is 0.252. The number of hydrogen-bond donors (Lipinski definition) is 2. The van der Waals surface area contributed by atoms with Crippen molar-refractivity contribution in [2.24, 2.45) is 0 Å². The number of aliphatic hydroxyl groups excluding tert-OH is 1. The summed E-state index contributed by atoms with van der Waals surface area (Å²) in [6.45, 7) is 4.24. The zero-order chi connectivity index (χ0) is 18.8. The summed E-state index contributed by atoms with van der Waals surface area (Å²) in [5.74, 6) is 1.24. The van der Waals surface area contributed by atoms with E-state index in [9.17, 15) is 5.11 Å². The quantitative estimate of drug-likeness (QED) is 0.734. The predicted molar refractivity (Wildman–Crippen MR) is 103 cm³/mol. The van der Waals surface area contributed by atoms with Gasteiger partial charge in [-0.2, -0.15) is 15.2 Å². The van der Waals surface area contributed by atoms with Gasteiger partial charge in [0.05, 0.1) is 24.1 Å². The summed E-state index contributed by atoms with van der Waals surface area (Å²) in [4.78, 5) is 16.0. The average molecular weight is 363 g/mol. The van der Waals surface area contributed by atoms with Crippen LogP contribution in [0.2, 0.25) is 0 Å². The second kappa shape index (κ2) is 7.21. The highest BCUT2D eigenvalue weighted by Crippen LogP contribution is 2.27. The van der Waals surface area contributed by atoms with Crippen LogP contribution in [-0.4, -0.2) is 43.8 Å². The number of aliphatic hydroxyl groups is 1. The Bertz CT molecular complexity index is 999. The maximum atomic E-state index is 9.77. The molecule has 27 heavy (non-hydrogen) atoms. The Morgan fingerprint density at radius 3 is 2.85 bits per heavy atom. The fraction of sp³-hybridized carbons (Fsp3) is 0.368. The van der Waals surface area contributed by atoms with E-state index in [2.05, 4.69) is 21.3 Å². The largest absolute Gasteiger partial charge is 0.393 e. The number of piperidine rings is 1. The number of anilines is 3. The normalized spacial score (nSPS) is 15.1. The van der Waals surface area contributed by atoms with Crippen LogP contribution in [0.4, 0.5) is 17.5 Å². The molecule has 0 aliphatic carbocycles. The van der Waals surface area contributed by atoms with E-state index >= 15 is 0 Å². The minimum atomic E-state index is -0.252. The van der Waals surface area contributed by atoms with Crippen LogP contribution >= 0.6 is 0 Å². The molecule has 1 aliphatic rings. The molecule has 3 heterocycles. The molecule has 2 N–H and O–H groups in total. The molecule has 0 amide bonds.